The second kappa shape index (κ2) is 4.89. The third-order valence-electron chi connectivity index (χ3n) is 2.61. The highest BCUT2D eigenvalue weighted by Crippen LogP contribution is 2.15. The van der Waals surface area contributed by atoms with Crippen molar-refractivity contribution in [2.75, 3.05) is 13.1 Å². The van der Waals surface area contributed by atoms with Crippen LogP contribution in [0.5, 0.6) is 0 Å². The lowest BCUT2D eigenvalue weighted by molar-refractivity contribution is 0.343. The lowest BCUT2D eigenvalue weighted by atomic mass is 10.1. The van der Waals surface area contributed by atoms with E-state index in [0.717, 1.165) is 11.4 Å². The molecule has 0 radical (unpaired) electrons. The first-order chi connectivity index (χ1) is 6.86. The van der Waals surface area contributed by atoms with Crippen LogP contribution in [0.2, 0.25) is 0 Å². The predicted molar refractivity (Wildman–Crippen MR) is 66.0 cm³/mol. The molecule has 1 aliphatic heterocycles. The second-order valence-electron chi connectivity index (χ2n) is 3.70. The smallest absolute Gasteiger partial charge is 0.0831 e. The summed E-state index contributed by atoms with van der Waals surface area (Å²) >= 11 is 7.26. The van der Waals surface area contributed by atoms with Crippen LogP contribution in [0.4, 0.5) is 0 Å². The Balaban J connectivity index is 1.88. The fraction of sp³-hybridized carbons (Fsp3) is 0.545. The topological polar surface area (TPSA) is 3.24 Å². The SMILES string of the molecule is S=C(Cc1cccs1)N1CCCCC1. The van der Waals surface area contributed by atoms with Gasteiger partial charge in [0.1, 0.15) is 0 Å². The Hall–Kier alpha value is -0.410. The van der Waals surface area contributed by atoms with Crippen LogP contribution in [0, 0.1) is 0 Å². The lowest BCUT2D eigenvalue weighted by Crippen LogP contribution is -2.35. The number of thiophene rings is 1. The van der Waals surface area contributed by atoms with Gasteiger partial charge in [0.15, 0.2) is 0 Å². The number of thiocarbonyl (C=S) groups is 1. The first-order valence-electron chi connectivity index (χ1n) is 5.16. The van der Waals surface area contributed by atoms with Crippen molar-refractivity contribution in [2.45, 2.75) is 25.7 Å². The average Bonchev–Trinajstić information content (AvgIpc) is 2.72. The van der Waals surface area contributed by atoms with Crippen molar-refractivity contribution in [2.24, 2.45) is 0 Å². The molecule has 1 saturated heterocycles. The Morgan fingerprint density at radius 3 is 2.79 bits per heavy atom. The van der Waals surface area contributed by atoms with Crippen LogP contribution < -0.4 is 0 Å². The first kappa shape index (κ1) is 10.1. The number of piperidine rings is 1. The molecule has 0 saturated carbocycles. The zero-order valence-corrected chi connectivity index (χ0v) is 9.87. The third-order valence-corrected chi connectivity index (χ3v) is 3.89. The van der Waals surface area contributed by atoms with E-state index >= 15 is 0 Å². The summed E-state index contributed by atoms with van der Waals surface area (Å²) in [4.78, 5) is 4.89. The van der Waals surface area contributed by atoms with Crippen molar-refractivity contribution in [1.29, 1.82) is 0 Å². The molecule has 1 aliphatic rings. The molecule has 1 aromatic heterocycles. The molecule has 0 aliphatic carbocycles. The molecule has 3 heteroatoms. The largest absolute Gasteiger partial charge is 0.366 e. The number of likely N-dealkylation sites (tertiary alicyclic amines) is 1. The number of hydrogen-bond donors (Lipinski definition) is 0. The Morgan fingerprint density at radius 2 is 2.14 bits per heavy atom. The van der Waals surface area contributed by atoms with Crippen molar-refractivity contribution >= 4 is 28.5 Å². The summed E-state index contributed by atoms with van der Waals surface area (Å²) in [5.41, 5.74) is 0. The van der Waals surface area contributed by atoms with Crippen LogP contribution in [0.1, 0.15) is 24.1 Å². The maximum absolute atomic E-state index is 5.45. The molecule has 14 heavy (non-hydrogen) atoms. The van der Waals surface area contributed by atoms with Gasteiger partial charge in [-0.1, -0.05) is 18.3 Å². The second-order valence-corrected chi connectivity index (χ2v) is 5.20. The molecule has 0 unspecified atom stereocenters. The van der Waals surface area contributed by atoms with Crippen LogP contribution >= 0.6 is 23.6 Å². The highest BCUT2D eigenvalue weighted by Gasteiger charge is 2.13. The van der Waals surface area contributed by atoms with E-state index in [0.29, 0.717) is 0 Å². The maximum atomic E-state index is 5.45. The Morgan fingerprint density at radius 1 is 1.36 bits per heavy atom. The van der Waals surface area contributed by atoms with Crippen LogP contribution in [-0.4, -0.2) is 23.0 Å². The van der Waals surface area contributed by atoms with Gasteiger partial charge >= 0.3 is 0 Å². The first-order valence-corrected chi connectivity index (χ1v) is 6.45. The fourth-order valence-corrected chi connectivity index (χ4v) is 2.96. The molecular formula is C11H15NS2. The van der Waals surface area contributed by atoms with Gasteiger partial charge in [0.2, 0.25) is 0 Å². The van der Waals surface area contributed by atoms with E-state index < -0.39 is 0 Å². The zero-order valence-electron chi connectivity index (χ0n) is 8.24. The van der Waals surface area contributed by atoms with E-state index in [-0.39, 0.29) is 0 Å². The molecule has 1 aromatic rings. The van der Waals surface area contributed by atoms with E-state index in [4.69, 9.17) is 12.2 Å². The molecule has 0 aromatic carbocycles. The Kier molecular flexibility index (Phi) is 3.54. The summed E-state index contributed by atoms with van der Waals surface area (Å²) < 4.78 is 0. The van der Waals surface area contributed by atoms with E-state index in [1.807, 2.05) is 0 Å². The molecule has 1 fully saturated rings. The number of hydrogen-bond acceptors (Lipinski definition) is 2. The Bertz CT molecular complexity index is 286. The lowest BCUT2D eigenvalue weighted by Gasteiger charge is -2.28. The monoisotopic (exact) mass is 225 g/mol. The van der Waals surface area contributed by atoms with E-state index in [1.165, 1.54) is 37.2 Å². The molecule has 0 atom stereocenters. The maximum Gasteiger partial charge on any atom is 0.0831 e. The third kappa shape index (κ3) is 2.55. The van der Waals surface area contributed by atoms with E-state index in [2.05, 4.69) is 22.4 Å². The molecular weight excluding hydrogens is 210 g/mol. The standard InChI is InChI=1S/C11H15NS2/c13-11(9-10-5-4-8-14-10)12-6-2-1-3-7-12/h4-5,8H,1-3,6-7,9H2. The normalized spacial score (nSPS) is 17.0. The highest BCUT2D eigenvalue weighted by molar-refractivity contribution is 7.80. The number of rotatable bonds is 2. The summed E-state index contributed by atoms with van der Waals surface area (Å²) in [6, 6.07) is 4.26. The summed E-state index contributed by atoms with van der Waals surface area (Å²) in [5.74, 6) is 0. The van der Waals surface area contributed by atoms with E-state index in [1.54, 1.807) is 11.3 Å². The van der Waals surface area contributed by atoms with Gasteiger partial charge in [-0.25, -0.2) is 0 Å². The molecule has 2 heterocycles. The van der Waals surface area contributed by atoms with Gasteiger partial charge in [0, 0.05) is 24.4 Å². The zero-order chi connectivity index (χ0) is 9.80. The van der Waals surface area contributed by atoms with Crippen molar-refractivity contribution in [3.8, 4) is 0 Å². The van der Waals surface area contributed by atoms with Crippen LogP contribution in [0.25, 0.3) is 0 Å². The van der Waals surface area contributed by atoms with Crippen molar-refractivity contribution in [3.05, 3.63) is 22.4 Å². The van der Waals surface area contributed by atoms with Gasteiger partial charge < -0.3 is 4.90 Å². The molecule has 0 spiro atoms. The van der Waals surface area contributed by atoms with Gasteiger partial charge in [-0.2, -0.15) is 0 Å². The van der Waals surface area contributed by atoms with Crippen LogP contribution in [-0.2, 0) is 6.42 Å². The van der Waals surface area contributed by atoms with Gasteiger partial charge in [0.25, 0.3) is 0 Å². The summed E-state index contributed by atoms with van der Waals surface area (Å²) in [7, 11) is 0. The minimum Gasteiger partial charge on any atom is -0.366 e. The van der Waals surface area contributed by atoms with E-state index in [9.17, 15) is 0 Å². The highest BCUT2D eigenvalue weighted by atomic mass is 32.1. The van der Waals surface area contributed by atoms with Crippen molar-refractivity contribution in [1.82, 2.24) is 4.90 Å². The molecule has 1 nitrogen and oxygen atoms in total. The minimum absolute atomic E-state index is 0.965. The molecule has 0 bridgehead atoms. The van der Waals surface area contributed by atoms with Gasteiger partial charge in [0.05, 0.1) is 4.99 Å². The number of nitrogens with zero attached hydrogens (tertiary/aromatic N) is 1. The summed E-state index contributed by atoms with van der Waals surface area (Å²) in [5, 5.41) is 2.12. The van der Waals surface area contributed by atoms with Gasteiger partial charge in [-0.05, 0) is 30.7 Å². The van der Waals surface area contributed by atoms with Gasteiger partial charge in [-0.3, -0.25) is 0 Å². The molecule has 0 N–H and O–H groups in total. The summed E-state index contributed by atoms with van der Waals surface area (Å²) in [6.07, 6.45) is 4.96. The molecule has 76 valence electrons. The summed E-state index contributed by atoms with van der Waals surface area (Å²) in [6.45, 7) is 2.34. The quantitative estimate of drug-likeness (QED) is 0.712. The predicted octanol–water partition coefficient (Wildman–Crippen LogP) is 3.10. The van der Waals surface area contributed by atoms with Crippen LogP contribution in [0.3, 0.4) is 0 Å². The van der Waals surface area contributed by atoms with Crippen LogP contribution in [0.15, 0.2) is 17.5 Å². The minimum atomic E-state index is 0.965. The van der Waals surface area contributed by atoms with Crippen molar-refractivity contribution in [3.63, 3.8) is 0 Å². The van der Waals surface area contributed by atoms with Crippen molar-refractivity contribution < 1.29 is 0 Å². The Labute approximate surface area is 94.7 Å². The molecule has 0 amide bonds. The van der Waals surface area contributed by atoms with Gasteiger partial charge in [-0.15, -0.1) is 11.3 Å². The average molecular weight is 225 g/mol. The fourth-order valence-electron chi connectivity index (χ4n) is 1.82. The molecule has 2 rings (SSSR count).